The molecule has 0 amide bonds. The van der Waals surface area contributed by atoms with Crippen LogP contribution >= 0.6 is 0 Å². The second-order valence-corrected chi connectivity index (χ2v) is 5.70. The number of aryl methyl sites for hydroxylation is 1. The van der Waals surface area contributed by atoms with E-state index >= 15 is 0 Å². The Hall–Kier alpha value is -1.83. The van der Waals surface area contributed by atoms with Crippen molar-refractivity contribution in [3.8, 4) is 5.69 Å². The molecule has 2 aromatic rings. The highest BCUT2D eigenvalue weighted by molar-refractivity contribution is 5.38. The van der Waals surface area contributed by atoms with Gasteiger partial charge in [0.2, 0.25) is 0 Å². The first-order chi connectivity index (χ1) is 8.94. The molecule has 0 atom stereocenters. The molecular formula is C17H21NO. The normalized spacial score (nSPS) is 11.6. The van der Waals surface area contributed by atoms with Gasteiger partial charge in [-0.2, -0.15) is 0 Å². The van der Waals surface area contributed by atoms with Crippen molar-refractivity contribution in [3.63, 3.8) is 0 Å². The molecule has 1 heterocycles. The Morgan fingerprint density at radius 1 is 1.05 bits per heavy atom. The summed E-state index contributed by atoms with van der Waals surface area (Å²) < 4.78 is 1.69. The van der Waals surface area contributed by atoms with E-state index in [1.54, 1.807) is 10.6 Å². The lowest BCUT2D eigenvalue weighted by molar-refractivity contribution is 0.506. The fourth-order valence-electron chi connectivity index (χ4n) is 2.07. The first-order valence-electron chi connectivity index (χ1n) is 6.74. The summed E-state index contributed by atoms with van der Waals surface area (Å²) in [4.78, 5) is 11.9. The summed E-state index contributed by atoms with van der Waals surface area (Å²) in [5.41, 5.74) is 3.49. The van der Waals surface area contributed by atoms with E-state index in [0.29, 0.717) is 0 Å². The van der Waals surface area contributed by atoms with Gasteiger partial charge in [-0.15, -0.1) is 0 Å². The van der Waals surface area contributed by atoms with Crippen molar-refractivity contribution < 1.29 is 0 Å². The Labute approximate surface area is 114 Å². The molecule has 0 bridgehead atoms. The van der Waals surface area contributed by atoms with Gasteiger partial charge in [-0.1, -0.05) is 39.0 Å². The molecule has 2 nitrogen and oxygen atoms in total. The van der Waals surface area contributed by atoms with E-state index in [1.807, 2.05) is 31.3 Å². The van der Waals surface area contributed by atoms with E-state index in [1.165, 1.54) is 5.56 Å². The van der Waals surface area contributed by atoms with E-state index in [2.05, 4.69) is 32.9 Å². The van der Waals surface area contributed by atoms with Crippen LogP contribution in [0.2, 0.25) is 0 Å². The Morgan fingerprint density at radius 3 is 2.26 bits per heavy atom. The standard InChI is InChI=1S/C17H21NO/c1-5-17(3,4)14-7-9-15(10-8-14)18-12-13(2)6-11-16(18)19/h6-12H,5H2,1-4H3. The van der Waals surface area contributed by atoms with Crippen molar-refractivity contribution in [2.24, 2.45) is 0 Å². The van der Waals surface area contributed by atoms with Crippen molar-refractivity contribution in [3.05, 3.63) is 64.1 Å². The number of rotatable bonds is 3. The molecule has 0 spiro atoms. The van der Waals surface area contributed by atoms with E-state index in [0.717, 1.165) is 17.7 Å². The third kappa shape index (κ3) is 2.78. The number of hydrogen-bond donors (Lipinski definition) is 0. The molecule has 0 N–H and O–H groups in total. The van der Waals surface area contributed by atoms with E-state index in [-0.39, 0.29) is 11.0 Å². The molecule has 1 aromatic heterocycles. The highest BCUT2D eigenvalue weighted by atomic mass is 16.1. The van der Waals surface area contributed by atoms with Gasteiger partial charge in [-0.25, -0.2) is 0 Å². The summed E-state index contributed by atoms with van der Waals surface area (Å²) in [6.45, 7) is 8.66. The van der Waals surface area contributed by atoms with Gasteiger partial charge in [0.05, 0.1) is 0 Å². The monoisotopic (exact) mass is 255 g/mol. The van der Waals surface area contributed by atoms with Crippen LogP contribution in [0.3, 0.4) is 0 Å². The van der Waals surface area contributed by atoms with Crippen LogP contribution in [0.15, 0.2) is 47.4 Å². The summed E-state index contributed by atoms with van der Waals surface area (Å²) in [6, 6.07) is 11.7. The van der Waals surface area contributed by atoms with Gasteiger partial charge >= 0.3 is 0 Å². The van der Waals surface area contributed by atoms with Gasteiger partial charge in [0.15, 0.2) is 0 Å². The van der Waals surface area contributed by atoms with E-state index < -0.39 is 0 Å². The highest BCUT2D eigenvalue weighted by Gasteiger charge is 2.17. The third-order valence-corrected chi connectivity index (χ3v) is 3.87. The zero-order valence-corrected chi connectivity index (χ0v) is 12.1. The van der Waals surface area contributed by atoms with Crippen LogP contribution in [0.1, 0.15) is 38.3 Å². The fourth-order valence-corrected chi connectivity index (χ4v) is 2.07. The predicted octanol–water partition coefficient (Wildman–Crippen LogP) is 3.83. The number of aromatic nitrogens is 1. The van der Waals surface area contributed by atoms with Crippen molar-refractivity contribution in [1.82, 2.24) is 4.57 Å². The van der Waals surface area contributed by atoms with Gasteiger partial charge in [0.25, 0.3) is 5.56 Å². The Bertz CT molecular complexity index is 620. The molecule has 0 unspecified atom stereocenters. The van der Waals surface area contributed by atoms with Gasteiger partial charge in [0.1, 0.15) is 0 Å². The lowest BCUT2D eigenvalue weighted by atomic mass is 9.82. The topological polar surface area (TPSA) is 22.0 Å². The second-order valence-electron chi connectivity index (χ2n) is 5.70. The minimum Gasteiger partial charge on any atom is -0.284 e. The van der Waals surface area contributed by atoms with Crippen molar-refractivity contribution in [2.75, 3.05) is 0 Å². The van der Waals surface area contributed by atoms with Gasteiger partial charge in [-0.05, 0) is 42.0 Å². The lowest BCUT2D eigenvalue weighted by Gasteiger charge is -2.23. The molecule has 100 valence electrons. The molecule has 0 saturated heterocycles. The average molecular weight is 255 g/mol. The Kier molecular flexibility index (Phi) is 3.61. The molecule has 0 fully saturated rings. The molecule has 0 aliphatic heterocycles. The number of pyridine rings is 1. The number of hydrogen-bond acceptors (Lipinski definition) is 1. The van der Waals surface area contributed by atoms with E-state index in [4.69, 9.17) is 0 Å². The predicted molar refractivity (Wildman–Crippen MR) is 80.1 cm³/mol. The van der Waals surface area contributed by atoms with Crippen LogP contribution in [0.4, 0.5) is 0 Å². The Morgan fingerprint density at radius 2 is 1.68 bits per heavy atom. The van der Waals surface area contributed by atoms with Gasteiger partial charge in [0, 0.05) is 18.0 Å². The fraction of sp³-hybridized carbons (Fsp3) is 0.353. The van der Waals surface area contributed by atoms with Crippen molar-refractivity contribution in [1.29, 1.82) is 0 Å². The lowest BCUT2D eigenvalue weighted by Crippen LogP contribution is -2.18. The van der Waals surface area contributed by atoms with Crippen molar-refractivity contribution in [2.45, 2.75) is 39.5 Å². The second kappa shape index (κ2) is 5.04. The molecular weight excluding hydrogens is 234 g/mol. The Balaban J connectivity index is 2.43. The van der Waals surface area contributed by atoms with E-state index in [9.17, 15) is 4.79 Å². The summed E-state index contributed by atoms with van der Waals surface area (Å²) >= 11 is 0. The SMILES string of the molecule is CCC(C)(C)c1ccc(-n2cc(C)ccc2=O)cc1. The quantitative estimate of drug-likeness (QED) is 0.817. The molecule has 2 rings (SSSR count). The highest BCUT2D eigenvalue weighted by Crippen LogP contribution is 2.27. The summed E-state index contributed by atoms with van der Waals surface area (Å²) in [6.07, 6.45) is 2.97. The van der Waals surface area contributed by atoms with Crippen LogP contribution in [-0.2, 0) is 5.41 Å². The third-order valence-electron chi connectivity index (χ3n) is 3.87. The molecule has 0 aliphatic rings. The van der Waals surface area contributed by atoms with Gasteiger partial charge in [-0.3, -0.25) is 9.36 Å². The minimum atomic E-state index is 0.00750. The molecule has 0 saturated carbocycles. The van der Waals surface area contributed by atoms with Crippen molar-refractivity contribution >= 4 is 0 Å². The zero-order chi connectivity index (χ0) is 14.0. The molecule has 0 aliphatic carbocycles. The smallest absolute Gasteiger partial charge is 0.255 e. The molecule has 19 heavy (non-hydrogen) atoms. The largest absolute Gasteiger partial charge is 0.284 e. The van der Waals surface area contributed by atoms with Crippen LogP contribution in [0.25, 0.3) is 5.69 Å². The average Bonchev–Trinajstić information content (AvgIpc) is 2.42. The first kappa shape index (κ1) is 13.6. The number of benzene rings is 1. The number of nitrogens with zero attached hydrogens (tertiary/aromatic N) is 1. The first-order valence-corrected chi connectivity index (χ1v) is 6.74. The summed E-state index contributed by atoms with van der Waals surface area (Å²) in [5, 5.41) is 0. The van der Waals surface area contributed by atoms with Crippen LogP contribution < -0.4 is 5.56 Å². The maximum Gasteiger partial charge on any atom is 0.255 e. The van der Waals surface area contributed by atoms with Crippen LogP contribution in [-0.4, -0.2) is 4.57 Å². The maximum absolute atomic E-state index is 11.9. The summed E-state index contributed by atoms with van der Waals surface area (Å²) in [7, 11) is 0. The van der Waals surface area contributed by atoms with Crippen LogP contribution in [0.5, 0.6) is 0 Å². The summed E-state index contributed by atoms with van der Waals surface area (Å²) in [5.74, 6) is 0. The molecule has 1 aromatic carbocycles. The maximum atomic E-state index is 11.9. The molecule has 2 heteroatoms. The molecule has 0 radical (unpaired) electrons. The zero-order valence-electron chi connectivity index (χ0n) is 12.1. The van der Waals surface area contributed by atoms with Crippen LogP contribution in [0, 0.1) is 6.92 Å². The minimum absolute atomic E-state index is 0.00750. The van der Waals surface area contributed by atoms with Gasteiger partial charge < -0.3 is 0 Å².